The predicted octanol–water partition coefficient (Wildman–Crippen LogP) is 4.56. The number of amides is 1. The second kappa shape index (κ2) is 8.04. The first-order valence-corrected chi connectivity index (χ1v) is 9.55. The molecule has 1 aliphatic rings. The van der Waals surface area contributed by atoms with Gasteiger partial charge in [-0.2, -0.15) is 0 Å². The van der Waals surface area contributed by atoms with E-state index in [1.165, 1.54) is 0 Å². The molecule has 1 fully saturated rings. The van der Waals surface area contributed by atoms with Crippen molar-refractivity contribution in [1.29, 1.82) is 0 Å². The highest BCUT2D eigenvalue weighted by Gasteiger charge is 2.42. The van der Waals surface area contributed by atoms with Gasteiger partial charge in [0.05, 0.1) is 12.3 Å². The molecule has 3 rings (SSSR count). The van der Waals surface area contributed by atoms with Gasteiger partial charge in [-0.05, 0) is 63.3 Å². The Labute approximate surface area is 155 Å². The maximum Gasteiger partial charge on any atom is 0.256 e. The van der Waals surface area contributed by atoms with Gasteiger partial charge in [-0.3, -0.25) is 9.78 Å². The van der Waals surface area contributed by atoms with Crippen molar-refractivity contribution in [1.82, 2.24) is 4.98 Å². The fourth-order valence-electron chi connectivity index (χ4n) is 3.95. The maximum absolute atomic E-state index is 13.2. The second-order valence-corrected chi connectivity index (χ2v) is 7.03. The summed E-state index contributed by atoms with van der Waals surface area (Å²) in [4.78, 5) is 17.6. The highest BCUT2D eigenvalue weighted by molar-refractivity contribution is 6.05. The van der Waals surface area contributed by atoms with Gasteiger partial charge in [-0.1, -0.05) is 13.3 Å². The first-order valence-electron chi connectivity index (χ1n) is 9.55. The van der Waals surface area contributed by atoms with Crippen LogP contribution in [-0.4, -0.2) is 29.7 Å². The van der Waals surface area contributed by atoms with Crippen molar-refractivity contribution in [3.8, 4) is 5.75 Å². The van der Waals surface area contributed by atoms with Gasteiger partial charge >= 0.3 is 0 Å². The summed E-state index contributed by atoms with van der Waals surface area (Å²) < 4.78 is 11.7. The van der Waals surface area contributed by atoms with Crippen molar-refractivity contribution in [3.05, 3.63) is 30.5 Å². The minimum absolute atomic E-state index is 0.0554. The monoisotopic (exact) mass is 356 g/mol. The first kappa shape index (κ1) is 18.6. The van der Waals surface area contributed by atoms with E-state index < -0.39 is 5.60 Å². The number of rotatable bonds is 6. The van der Waals surface area contributed by atoms with Crippen molar-refractivity contribution >= 4 is 22.5 Å². The molecule has 0 bridgehead atoms. The van der Waals surface area contributed by atoms with Crippen LogP contribution in [-0.2, 0) is 9.53 Å². The fourth-order valence-corrected chi connectivity index (χ4v) is 3.95. The van der Waals surface area contributed by atoms with E-state index in [2.05, 4.69) is 17.2 Å². The number of hydrogen-bond acceptors (Lipinski definition) is 4. The zero-order valence-electron chi connectivity index (χ0n) is 15.9. The van der Waals surface area contributed by atoms with Crippen LogP contribution in [0.4, 0.5) is 5.69 Å². The van der Waals surface area contributed by atoms with Crippen LogP contribution >= 0.6 is 0 Å². The lowest BCUT2D eigenvalue weighted by atomic mass is 9.78. The molecule has 0 radical (unpaired) electrons. The quantitative estimate of drug-likeness (QED) is 0.824. The number of ether oxygens (including phenoxy) is 2. The Kier molecular flexibility index (Phi) is 5.77. The number of carbonyl (C=O) groups is 1. The van der Waals surface area contributed by atoms with Gasteiger partial charge in [0.2, 0.25) is 0 Å². The molecule has 1 heterocycles. The summed E-state index contributed by atoms with van der Waals surface area (Å²) in [6.45, 7) is 7.19. The van der Waals surface area contributed by atoms with Crippen molar-refractivity contribution in [2.75, 3.05) is 18.5 Å². The first-order chi connectivity index (χ1) is 12.6. The molecule has 2 atom stereocenters. The van der Waals surface area contributed by atoms with Gasteiger partial charge in [0.15, 0.2) is 0 Å². The molecule has 1 aliphatic carbocycles. The number of benzene rings is 1. The number of nitrogens with zero attached hydrogens (tertiary/aromatic N) is 1. The normalized spacial score (nSPS) is 23.0. The third kappa shape index (κ3) is 3.68. The van der Waals surface area contributed by atoms with Gasteiger partial charge in [0, 0.05) is 18.2 Å². The van der Waals surface area contributed by atoms with Crippen LogP contribution in [0, 0.1) is 5.92 Å². The Hall–Kier alpha value is -2.14. The number of aromatic nitrogens is 1. The zero-order chi connectivity index (χ0) is 18.6. The molecule has 0 aliphatic heterocycles. The highest BCUT2D eigenvalue weighted by Crippen LogP contribution is 2.37. The molecule has 26 heavy (non-hydrogen) atoms. The predicted molar refractivity (Wildman–Crippen MR) is 104 cm³/mol. The molecule has 0 spiro atoms. The molecule has 1 aromatic carbocycles. The zero-order valence-corrected chi connectivity index (χ0v) is 15.9. The van der Waals surface area contributed by atoms with E-state index in [1.807, 2.05) is 38.1 Å². The summed E-state index contributed by atoms with van der Waals surface area (Å²) in [6, 6.07) is 7.58. The van der Waals surface area contributed by atoms with E-state index in [-0.39, 0.29) is 5.91 Å². The Balaban J connectivity index is 1.92. The molecular formula is C21H28N2O3. The Morgan fingerprint density at radius 3 is 2.88 bits per heavy atom. The molecule has 2 aromatic rings. The molecule has 1 N–H and O–H groups in total. The summed E-state index contributed by atoms with van der Waals surface area (Å²) in [7, 11) is 0. The Morgan fingerprint density at radius 1 is 1.31 bits per heavy atom. The number of hydrogen-bond donors (Lipinski definition) is 1. The van der Waals surface area contributed by atoms with Crippen molar-refractivity contribution in [2.45, 2.75) is 52.1 Å². The number of carbonyl (C=O) groups excluding carboxylic acids is 1. The van der Waals surface area contributed by atoms with Gasteiger partial charge in [-0.25, -0.2) is 0 Å². The van der Waals surface area contributed by atoms with Gasteiger partial charge < -0.3 is 14.8 Å². The fraction of sp³-hybridized carbons (Fsp3) is 0.524. The minimum Gasteiger partial charge on any atom is -0.492 e. The van der Waals surface area contributed by atoms with Crippen LogP contribution in [0.2, 0.25) is 0 Å². The SMILES string of the molecule is CCOc1ccc(NC(=O)[C@]2(OCC)CCC[C@@H](C)C2)c2cccnc12. The van der Waals surface area contributed by atoms with E-state index in [0.29, 0.717) is 19.1 Å². The number of pyridine rings is 1. The van der Waals surface area contributed by atoms with E-state index in [9.17, 15) is 4.79 Å². The molecule has 1 amide bonds. The van der Waals surface area contributed by atoms with Crippen molar-refractivity contribution < 1.29 is 14.3 Å². The number of fused-ring (bicyclic) bond motifs is 1. The van der Waals surface area contributed by atoms with Crippen molar-refractivity contribution in [2.24, 2.45) is 5.92 Å². The van der Waals surface area contributed by atoms with Gasteiger partial charge in [0.25, 0.3) is 5.91 Å². The molecule has 5 nitrogen and oxygen atoms in total. The topological polar surface area (TPSA) is 60.5 Å². The Bertz CT molecular complexity index is 773. The van der Waals surface area contributed by atoms with Crippen LogP contribution in [0.3, 0.4) is 0 Å². The van der Waals surface area contributed by atoms with Crippen LogP contribution in [0.5, 0.6) is 5.75 Å². The largest absolute Gasteiger partial charge is 0.492 e. The van der Waals surface area contributed by atoms with E-state index in [1.54, 1.807) is 6.20 Å². The molecule has 0 saturated heterocycles. The minimum atomic E-state index is -0.737. The van der Waals surface area contributed by atoms with Crippen molar-refractivity contribution in [3.63, 3.8) is 0 Å². The van der Waals surface area contributed by atoms with Crippen LogP contribution in [0.1, 0.15) is 46.5 Å². The molecule has 140 valence electrons. The average molecular weight is 356 g/mol. The number of anilines is 1. The Morgan fingerprint density at radius 2 is 2.15 bits per heavy atom. The van der Waals surface area contributed by atoms with Gasteiger partial charge in [0.1, 0.15) is 16.9 Å². The van der Waals surface area contributed by atoms with E-state index in [4.69, 9.17) is 9.47 Å². The summed E-state index contributed by atoms with van der Waals surface area (Å²) >= 11 is 0. The van der Waals surface area contributed by atoms with Crippen LogP contribution in [0.15, 0.2) is 30.5 Å². The lowest BCUT2D eigenvalue weighted by Gasteiger charge is -2.38. The molecule has 1 saturated carbocycles. The van der Waals surface area contributed by atoms with E-state index >= 15 is 0 Å². The second-order valence-electron chi connectivity index (χ2n) is 7.03. The maximum atomic E-state index is 13.2. The highest BCUT2D eigenvalue weighted by atomic mass is 16.5. The molecule has 1 aromatic heterocycles. The van der Waals surface area contributed by atoms with Gasteiger partial charge in [-0.15, -0.1) is 0 Å². The summed E-state index contributed by atoms with van der Waals surface area (Å²) in [6.07, 6.45) is 5.43. The summed E-state index contributed by atoms with van der Waals surface area (Å²) in [5.41, 5.74) is 0.771. The third-order valence-corrected chi connectivity index (χ3v) is 5.07. The molecule has 0 unspecified atom stereocenters. The smallest absolute Gasteiger partial charge is 0.256 e. The van der Waals surface area contributed by atoms with Crippen LogP contribution in [0.25, 0.3) is 10.9 Å². The standard InChI is InChI=1S/C21H28N2O3/c1-4-25-18-11-10-17(16-9-7-13-22-19(16)18)23-20(24)21(26-5-2)12-6-8-15(3)14-21/h7,9-11,13,15H,4-6,8,12,14H2,1-3H3,(H,23,24)/t15-,21+/m1/s1. The molecular weight excluding hydrogens is 328 g/mol. The number of nitrogens with one attached hydrogen (secondary N) is 1. The van der Waals surface area contributed by atoms with Crippen LogP contribution < -0.4 is 10.1 Å². The lowest BCUT2D eigenvalue weighted by molar-refractivity contribution is -0.147. The molecule has 5 heteroatoms. The summed E-state index contributed by atoms with van der Waals surface area (Å²) in [5.74, 6) is 1.16. The van der Waals surface area contributed by atoms with E-state index in [0.717, 1.165) is 48.0 Å². The summed E-state index contributed by atoms with van der Waals surface area (Å²) in [5, 5.41) is 3.99. The lowest BCUT2D eigenvalue weighted by Crippen LogP contribution is -2.48. The third-order valence-electron chi connectivity index (χ3n) is 5.07. The average Bonchev–Trinajstić information content (AvgIpc) is 2.64.